The third kappa shape index (κ3) is 4.01. The van der Waals surface area contributed by atoms with Crippen molar-refractivity contribution in [3.05, 3.63) is 40.3 Å². The fourth-order valence-electron chi connectivity index (χ4n) is 2.40. The maximum atomic E-state index is 11.9. The Morgan fingerprint density at radius 3 is 2.83 bits per heavy atom. The van der Waals surface area contributed by atoms with E-state index in [1.54, 1.807) is 18.2 Å². The molecule has 1 heterocycles. The van der Waals surface area contributed by atoms with Crippen LogP contribution >= 0.6 is 0 Å². The van der Waals surface area contributed by atoms with Gasteiger partial charge in [-0.05, 0) is 17.7 Å². The van der Waals surface area contributed by atoms with E-state index in [2.05, 4.69) is 15.3 Å². The highest BCUT2D eigenvalue weighted by molar-refractivity contribution is 5.98. The van der Waals surface area contributed by atoms with Crippen molar-refractivity contribution < 1.29 is 24.9 Å². The van der Waals surface area contributed by atoms with Crippen molar-refractivity contribution in [1.82, 2.24) is 0 Å². The number of nitrogens with one attached hydrogen (secondary N) is 1. The number of nitrogens with two attached hydrogens (primary N) is 1. The van der Waals surface area contributed by atoms with E-state index in [1.807, 2.05) is 0 Å². The van der Waals surface area contributed by atoms with Gasteiger partial charge in [0.2, 0.25) is 0 Å². The van der Waals surface area contributed by atoms with Crippen molar-refractivity contribution in [3.63, 3.8) is 0 Å². The minimum absolute atomic E-state index is 0.295. The minimum Gasteiger partial charge on any atom is -0.394 e. The Bertz CT molecular complexity index is 634. The SMILES string of the molecule is [N-]=[N+]=NCC(=O)c1cccc(NC2OC(CO)C(O)C(O)C2N)c1. The van der Waals surface area contributed by atoms with Gasteiger partial charge >= 0.3 is 0 Å². The number of hydrogen-bond donors (Lipinski definition) is 5. The van der Waals surface area contributed by atoms with E-state index >= 15 is 0 Å². The smallest absolute Gasteiger partial charge is 0.168 e. The van der Waals surface area contributed by atoms with E-state index in [0.29, 0.717) is 11.3 Å². The third-order valence-corrected chi connectivity index (χ3v) is 3.75. The third-order valence-electron chi connectivity index (χ3n) is 3.75. The Morgan fingerprint density at radius 1 is 1.42 bits per heavy atom. The number of Topliss-reactive ketones (excluding diaryl/α,β-unsaturated/α-hetero) is 1. The summed E-state index contributed by atoms with van der Waals surface area (Å²) in [5, 5.41) is 35.0. The van der Waals surface area contributed by atoms with Gasteiger partial charge in [-0.1, -0.05) is 17.2 Å². The van der Waals surface area contributed by atoms with Crippen molar-refractivity contribution in [3.8, 4) is 0 Å². The second kappa shape index (κ2) is 8.06. The molecule has 1 aliphatic rings. The molecular formula is C14H19N5O5. The lowest BCUT2D eigenvalue weighted by atomic mass is 9.96. The van der Waals surface area contributed by atoms with Gasteiger partial charge in [0.15, 0.2) is 5.78 Å². The first-order chi connectivity index (χ1) is 11.5. The van der Waals surface area contributed by atoms with E-state index in [0.717, 1.165) is 0 Å². The summed E-state index contributed by atoms with van der Waals surface area (Å²) < 4.78 is 5.45. The standard InChI is InChI=1S/C14H19N5O5/c15-11-13(23)12(22)10(6-20)24-14(11)18-8-3-1-2-7(4-8)9(21)5-17-19-16/h1-4,10-14,18,20,22-23H,5-6,15H2. The van der Waals surface area contributed by atoms with Crippen LogP contribution in [0, 0.1) is 0 Å². The molecule has 0 spiro atoms. The molecule has 1 saturated heterocycles. The molecule has 5 unspecified atom stereocenters. The van der Waals surface area contributed by atoms with Crippen LogP contribution in [0.25, 0.3) is 10.4 Å². The number of nitrogens with zero attached hydrogens (tertiary/aromatic N) is 3. The van der Waals surface area contributed by atoms with Crippen LogP contribution in [0.4, 0.5) is 5.69 Å². The largest absolute Gasteiger partial charge is 0.394 e. The van der Waals surface area contributed by atoms with Gasteiger partial charge in [-0.15, -0.1) is 0 Å². The van der Waals surface area contributed by atoms with Crippen molar-refractivity contribution >= 4 is 11.5 Å². The van der Waals surface area contributed by atoms with E-state index in [-0.39, 0.29) is 12.3 Å². The number of azide groups is 1. The zero-order chi connectivity index (χ0) is 17.7. The predicted octanol–water partition coefficient (Wildman–Crippen LogP) is -0.642. The van der Waals surface area contributed by atoms with Gasteiger partial charge in [-0.25, -0.2) is 0 Å². The molecule has 0 aromatic heterocycles. The molecule has 0 bridgehead atoms. The number of anilines is 1. The Balaban J connectivity index is 2.12. The Labute approximate surface area is 137 Å². The first-order valence-corrected chi connectivity index (χ1v) is 7.26. The summed E-state index contributed by atoms with van der Waals surface area (Å²) in [6.07, 6.45) is -4.42. The molecule has 0 saturated carbocycles. The van der Waals surface area contributed by atoms with Crippen LogP contribution in [0.5, 0.6) is 0 Å². The van der Waals surface area contributed by atoms with E-state index < -0.39 is 37.2 Å². The van der Waals surface area contributed by atoms with Crippen LogP contribution < -0.4 is 11.1 Å². The summed E-state index contributed by atoms with van der Waals surface area (Å²) in [6.45, 7) is -0.773. The molecule has 1 aromatic carbocycles. The maximum absolute atomic E-state index is 11.9. The molecule has 10 heteroatoms. The fourth-order valence-corrected chi connectivity index (χ4v) is 2.40. The van der Waals surface area contributed by atoms with Crippen LogP contribution in [0.15, 0.2) is 29.4 Å². The summed E-state index contributed by atoms with van der Waals surface area (Å²) in [5.74, 6) is -0.353. The number of ether oxygens (including phenoxy) is 1. The first-order valence-electron chi connectivity index (χ1n) is 7.26. The molecule has 0 amide bonds. The molecule has 5 atom stereocenters. The predicted molar refractivity (Wildman–Crippen MR) is 84.1 cm³/mol. The minimum atomic E-state index is -1.29. The number of carbonyl (C=O) groups is 1. The molecule has 1 aliphatic heterocycles. The number of aliphatic hydroxyl groups is 3. The zero-order valence-electron chi connectivity index (χ0n) is 12.7. The second-order valence-corrected chi connectivity index (χ2v) is 5.37. The van der Waals surface area contributed by atoms with Crippen molar-refractivity contribution in [2.45, 2.75) is 30.6 Å². The van der Waals surface area contributed by atoms with Gasteiger partial charge in [0.05, 0.1) is 19.2 Å². The molecule has 2 rings (SSSR count). The van der Waals surface area contributed by atoms with E-state index in [9.17, 15) is 20.1 Å². The molecule has 10 nitrogen and oxygen atoms in total. The fraction of sp³-hybridized carbons (Fsp3) is 0.500. The van der Waals surface area contributed by atoms with Gasteiger partial charge in [0.25, 0.3) is 0 Å². The number of aliphatic hydroxyl groups excluding tert-OH is 3. The van der Waals surface area contributed by atoms with Gasteiger partial charge in [0.1, 0.15) is 24.5 Å². The Morgan fingerprint density at radius 2 is 2.17 bits per heavy atom. The lowest BCUT2D eigenvalue weighted by molar-refractivity contribution is -0.181. The number of carbonyl (C=O) groups excluding carboxylic acids is 1. The van der Waals surface area contributed by atoms with Gasteiger partial charge < -0.3 is 31.1 Å². The summed E-state index contributed by atoms with van der Waals surface area (Å²) in [6, 6.07) is 5.43. The molecule has 0 radical (unpaired) electrons. The Kier molecular flexibility index (Phi) is 6.10. The second-order valence-electron chi connectivity index (χ2n) is 5.37. The summed E-state index contributed by atoms with van der Waals surface area (Å²) >= 11 is 0. The average molecular weight is 337 g/mol. The molecule has 6 N–H and O–H groups in total. The zero-order valence-corrected chi connectivity index (χ0v) is 12.7. The van der Waals surface area contributed by atoms with E-state index in [4.69, 9.17) is 16.0 Å². The summed E-state index contributed by atoms with van der Waals surface area (Å²) in [7, 11) is 0. The van der Waals surface area contributed by atoms with Crippen LogP contribution in [-0.2, 0) is 4.74 Å². The van der Waals surface area contributed by atoms with Gasteiger partial charge in [-0.3, -0.25) is 4.79 Å². The number of rotatable bonds is 6. The molecule has 1 aromatic rings. The number of benzene rings is 1. The lowest BCUT2D eigenvalue weighted by Crippen LogP contribution is -2.63. The normalized spacial score (nSPS) is 29.6. The first kappa shape index (κ1) is 18.1. The highest BCUT2D eigenvalue weighted by atomic mass is 16.5. The van der Waals surface area contributed by atoms with Gasteiger partial charge in [-0.2, -0.15) is 0 Å². The number of ketones is 1. The van der Waals surface area contributed by atoms with Crippen LogP contribution in [0.3, 0.4) is 0 Å². The molecule has 0 aliphatic carbocycles. The highest BCUT2D eigenvalue weighted by Crippen LogP contribution is 2.22. The van der Waals surface area contributed by atoms with Crippen molar-refractivity contribution in [2.24, 2.45) is 10.8 Å². The van der Waals surface area contributed by atoms with E-state index in [1.165, 1.54) is 6.07 Å². The van der Waals surface area contributed by atoms with Crippen LogP contribution in [0.2, 0.25) is 0 Å². The molecule has 24 heavy (non-hydrogen) atoms. The van der Waals surface area contributed by atoms with Crippen LogP contribution in [0.1, 0.15) is 10.4 Å². The molecule has 130 valence electrons. The van der Waals surface area contributed by atoms with Crippen LogP contribution in [-0.4, -0.2) is 64.8 Å². The van der Waals surface area contributed by atoms with Crippen molar-refractivity contribution in [2.75, 3.05) is 18.5 Å². The average Bonchev–Trinajstić information content (AvgIpc) is 2.60. The topological polar surface area (TPSA) is 174 Å². The highest BCUT2D eigenvalue weighted by Gasteiger charge is 2.42. The molecule has 1 fully saturated rings. The summed E-state index contributed by atoms with van der Waals surface area (Å²) in [5.41, 5.74) is 14.9. The quantitative estimate of drug-likeness (QED) is 0.198. The number of hydrogen-bond acceptors (Lipinski definition) is 8. The van der Waals surface area contributed by atoms with Crippen molar-refractivity contribution in [1.29, 1.82) is 0 Å². The monoisotopic (exact) mass is 337 g/mol. The Hall–Kier alpha value is -2.20. The maximum Gasteiger partial charge on any atom is 0.168 e. The van der Waals surface area contributed by atoms with Gasteiger partial charge in [0, 0.05) is 16.2 Å². The molecular weight excluding hydrogens is 318 g/mol. The lowest BCUT2D eigenvalue weighted by Gasteiger charge is -2.41. The summed E-state index contributed by atoms with van der Waals surface area (Å²) in [4.78, 5) is 14.4.